The number of aromatic nitrogens is 3. The van der Waals surface area contributed by atoms with Crippen molar-refractivity contribution in [3.05, 3.63) is 61.3 Å². The van der Waals surface area contributed by atoms with Crippen molar-refractivity contribution in [2.24, 2.45) is 0 Å². The van der Waals surface area contributed by atoms with Crippen LogP contribution in [0.15, 0.2) is 61.3 Å². The van der Waals surface area contributed by atoms with E-state index in [9.17, 15) is 4.79 Å². The summed E-state index contributed by atoms with van der Waals surface area (Å²) in [5.41, 5.74) is 3.02. The number of pyridine rings is 1. The maximum Gasteiger partial charge on any atom is 0.409 e. The summed E-state index contributed by atoms with van der Waals surface area (Å²) in [6.45, 7) is 0. The summed E-state index contributed by atoms with van der Waals surface area (Å²) in [6.07, 6.45) is 5.93. The highest BCUT2D eigenvalue weighted by atomic mass is 16.4. The Morgan fingerprint density at radius 1 is 1.24 bits per heavy atom. The lowest BCUT2D eigenvalue weighted by Crippen LogP contribution is -2.06. The number of benzene rings is 1. The van der Waals surface area contributed by atoms with E-state index in [-0.39, 0.29) is 0 Å². The normalized spacial score (nSPS) is 10.3. The maximum atomic E-state index is 10.7. The standard InChI is InChI=1S/C15H12N4O2/c20-15(21)18-12-4-1-3-11(7-12)14-9-19(10-17-14)13-5-2-6-16-8-13/h1-10,18H,(H,20,21). The molecule has 2 N–H and O–H groups in total. The molecule has 0 radical (unpaired) electrons. The van der Waals surface area contributed by atoms with Crippen LogP contribution in [0.1, 0.15) is 0 Å². The van der Waals surface area contributed by atoms with Crippen molar-refractivity contribution >= 4 is 11.8 Å². The number of hydrogen-bond donors (Lipinski definition) is 2. The first-order valence-electron chi connectivity index (χ1n) is 6.27. The second-order valence-corrected chi connectivity index (χ2v) is 4.39. The highest BCUT2D eigenvalue weighted by molar-refractivity contribution is 5.84. The summed E-state index contributed by atoms with van der Waals surface area (Å²) in [5.74, 6) is 0. The quantitative estimate of drug-likeness (QED) is 0.772. The van der Waals surface area contributed by atoms with E-state index >= 15 is 0 Å². The Hall–Kier alpha value is -3.15. The molecule has 3 rings (SSSR count). The number of hydrogen-bond acceptors (Lipinski definition) is 3. The molecule has 2 heterocycles. The Bertz CT molecular complexity index is 768. The number of rotatable bonds is 3. The molecule has 0 atom stereocenters. The van der Waals surface area contributed by atoms with Crippen molar-refractivity contribution in [2.45, 2.75) is 0 Å². The van der Waals surface area contributed by atoms with Gasteiger partial charge in [0.2, 0.25) is 0 Å². The summed E-state index contributed by atoms with van der Waals surface area (Å²) in [7, 11) is 0. The zero-order valence-corrected chi connectivity index (χ0v) is 11.0. The molecule has 0 aliphatic rings. The summed E-state index contributed by atoms with van der Waals surface area (Å²) >= 11 is 0. The van der Waals surface area contributed by atoms with Crippen LogP contribution in [-0.4, -0.2) is 25.7 Å². The first-order valence-corrected chi connectivity index (χ1v) is 6.27. The van der Waals surface area contributed by atoms with Crippen LogP contribution in [0.2, 0.25) is 0 Å². The number of anilines is 1. The number of amides is 1. The van der Waals surface area contributed by atoms with E-state index in [1.807, 2.05) is 29.0 Å². The fraction of sp³-hybridized carbons (Fsp3) is 0. The molecule has 1 aromatic carbocycles. The van der Waals surface area contributed by atoms with Crippen LogP contribution >= 0.6 is 0 Å². The van der Waals surface area contributed by atoms with Crippen LogP contribution in [0.4, 0.5) is 10.5 Å². The van der Waals surface area contributed by atoms with Gasteiger partial charge in [0.05, 0.1) is 23.9 Å². The molecule has 0 saturated heterocycles. The van der Waals surface area contributed by atoms with Gasteiger partial charge < -0.3 is 9.67 Å². The smallest absolute Gasteiger partial charge is 0.409 e. The van der Waals surface area contributed by atoms with Gasteiger partial charge in [0.1, 0.15) is 0 Å². The largest absolute Gasteiger partial charge is 0.465 e. The van der Waals surface area contributed by atoms with Crippen LogP contribution in [0, 0.1) is 0 Å². The number of nitrogens with zero attached hydrogens (tertiary/aromatic N) is 3. The summed E-state index contributed by atoms with van der Waals surface area (Å²) < 4.78 is 1.86. The average Bonchev–Trinajstić information content (AvgIpc) is 2.98. The SMILES string of the molecule is O=C(O)Nc1cccc(-c2cn(-c3cccnc3)cn2)c1. The van der Waals surface area contributed by atoms with Crippen molar-refractivity contribution in [1.82, 2.24) is 14.5 Å². The number of nitrogens with one attached hydrogen (secondary N) is 1. The van der Waals surface area contributed by atoms with Crippen LogP contribution in [0.3, 0.4) is 0 Å². The summed E-state index contributed by atoms with van der Waals surface area (Å²) in [5, 5.41) is 11.1. The molecule has 0 saturated carbocycles. The second kappa shape index (κ2) is 5.46. The van der Waals surface area contributed by atoms with Gasteiger partial charge in [-0.15, -0.1) is 0 Å². The lowest BCUT2D eigenvalue weighted by atomic mass is 10.1. The van der Waals surface area contributed by atoms with Gasteiger partial charge in [-0.3, -0.25) is 10.3 Å². The number of carbonyl (C=O) groups is 1. The van der Waals surface area contributed by atoms with E-state index in [0.29, 0.717) is 5.69 Å². The average molecular weight is 280 g/mol. The predicted molar refractivity (Wildman–Crippen MR) is 78.4 cm³/mol. The zero-order valence-electron chi connectivity index (χ0n) is 11.0. The first kappa shape index (κ1) is 12.9. The lowest BCUT2D eigenvalue weighted by Gasteiger charge is -2.03. The molecule has 0 bridgehead atoms. The fourth-order valence-electron chi connectivity index (χ4n) is 2.00. The third kappa shape index (κ3) is 2.89. The van der Waals surface area contributed by atoms with E-state index in [1.54, 1.807) is 36.9 Å². The monoisotopic (exact) mass is 280 g/mol. The molecule has 1 amide bonds. The highest BCUT2D eigenvalue weighted by Crippen LogP contribution is 2.22. The molecule has 21 heavy (non-hydrogen) atoms. The van der Waals surface area contributed by atoms with Crippen molar-refractivity contribution in [1.29, 1.82) is 0 Å². The molecule has 0 aliphatic carbocycles. The molecule has 104 valence electrons. The fourth-order valence-corrected chi connectivity index (χ4v) is 2.00. The number of carboxylic acid groups (broad SMARTS) is 1. The molecule has 0 aliphatic heterocycles. The molecular weight excluding hydrogens is 268 g/mol. The van der Waals surface area contributed by atoms with Crippen LogP contribution in [0.5, 0.6) is 0 Å². The Morgan fingerprint density at radius 3 is 2.90 bits per heavy atom. The van der Waals surface area contributed by atoms with Gasteiger partial charge in [-0.25, -0.2) is 9.78 Å². The minimum Gasteiger partial charge on any atom is -0.465 e. The number of imidazole rings is 1. The van der Waals surface area contributed by atoms with E-state index < -0.39 is 6.09 Å². The van der Waals surface area contributed by atoms with Gasteiger partial charge in [0.15, 0.2) is 0 Å². The Morgan fingerprint density at radius 2 is 2.14 bits per heavy atom. The van der Waals surface area contributed by atoms with Crippen molar-refractivity contribution < 1.29 is 9.90 Å². The van der Waals surface area contributed by atoms with Crippen molar-refractivity contribution in [3.8, 4) is 16.9 Å². The third-order valence-corrected chi connectivity index (χ3v) is 2.94. The maximum absolute atomic E-state index is 10.7. The van der Waals surface area contributed by atoms with Gasteiger partial charge in [-0.2, -0.15) is 0 Å². The molecule has 0 unspecified atom stereocenters. The zero-order chi connectivity index (χ0) is 14.7. The van der Waals surface area contributed by atoms with Crippen LogP contribution in [-0.2, 0) is 0 Å². The third-order valence-electron chi connectivity index (χ3n) is 2.94. The minimum atomic E-state index is -1.09. The molecule has 3 aromatic rings. The van der Waals surface area contributed by atoms with Gasteiger partial charge in [-0.05, 0) is 24.3 Å². The van der Waals surface area contributed by atoms with E-state index in [0.717, 1.165) is 16.9 Å². The Kier molecular flexibility index (Phi) is 3.34. The predicted octanol–water partition coefficient (Wildman–Crippen LogP) is 3.02. The van der Waals surface area contributed by atoms with E-state index in [4.69, 9.17) is 5.11 Å². The van der Waals surface area contributed by atoms with E-state index in [2.05, 4.69) is 15.3 Å². The van der Waals surface area contributed by atoms with Gasteiger partial charge in [0, 0.05) is 23.6 Å². The molecular formula is C15H12N4O2. The Labute approximate surface area is 120 Å². The van der Waals surface area contributed by atoms with Gasteiger partial charge >= 0.3 is 6.09 Å². The van der Waals surface area contributed by atoms with E-state index in [1.165, 1.54) is 0 Å². The van der Waals surface area contributed by atoms with Gasteiger partial charge in [-0.1, -0.05) is 12.1 Å². The topological polar surface area (TPSA) is 80.0 Å². The first-order chi connectivity index (χ1) is 10.2. The van der Waals surface area contributed by atoms with Crippen molar-refractivity contribution in [3.63, 3.8) is 0 Å². The van der Waals surface area contributed by atoms with Crippen LogP contribution < -0.4 is 5.32 Å². The molecule has 2 aromatic heterocycles. The van der Waals surface area contributed by atoms with Crippen molar-refractivity contribution in [2.75, 3.05) is 5.32 Å². The highest BCUT2D eigenvalue weighted by Gasteiger charge is 2.05. The molecule has 0 spiro atoms. The minimum absolute atomic E-state index is 0.510. The lowest BCUT2D eigenvalue weighted by molar-refractivity contribution is 0.210. The summed E-state index contributed by atoms with van der Waals surface area (Å²) in [6, 6.07) is 10.9. The molecule has 6 heteroatoms. The van der Waals surface area contributed by atoms with Gasteiger partial charge in [0.25, 0.3) is 0 Å². The molecule has 6 nitrogen and oxygen atoms in total. The summed E-state index contributed by atoms with van der Waals surface area (Å²) in [4.78, 5) is 19.1. The van der Waals surface area contributed by atoms with Crippen LogP contribution in [0.25, 0.3) is 16.9 Å². The molecule has 0 fully saturated rings. The Balaban J connectivity index is 1.91. The second-order valence-electron chi connectivity index (χ2n) is 4.39.